The van der Waals surface area contributed by atoms with Gasteiger partial charge in [-0.15, -0.1) is 0 Å². The van der Waals surface area contributed by atoms with Crippen LogP contribution in [0.15, 0.2) is 54.6 Å². The van der Waals surface area contributed by atoms with Crippen molar-refractivity contribution in [2.45, 2.75) is 25.7 Å². The summed E-state index contributed by atoms with van der Waals surface area (Å²) in [6.07, 6.45) is 1.53. The fourth-order valence-corrected chi connectivity index (χ4v) is 2.18. The minimum absolute atomic E-state index is 0.478. The first kappa shape index (κ1) is 13.3. The van der Waals surface area contributed by atoms with Crippen molar-refractivity contribution in [1.29, 1.82) is 0 Å². The Kier molecular flexibility index (Phi) is 4.35. The van der Waals surface area contributed by atoms with Crippen molar-refractivity contribution in [2.75, 3.05) is 0 Å². The van der Waals surface area contributed by atoms with Crippen LogP contribution in [0.5, 0.6) is 0 Å². The average Bonchev–Trinajstić information content (AvgIpc) is 2.46. The third-order valence-corrected chi connectivity index (χ3v) is 3.37. The summed E-state index contributed by atoms with van der Waals surface area (Å²) in [4.78, 5) is 11.4. The standard InChI is InChI=1S/C17H18O2/c1-2-13-8-10-14(11-9-13)12-16(17(18)19)15-6-4-3-5-7-15/h3-11,16H,2,12H2,1H3,(H,18,19). The minimum Gasteiger partial charge on any atom is -0.481 e. The first-order valence-electron chi connectivity index (χ1n) is 6.56. The lowest BCUT2D eigenvalue weighted by Gasteiger charge is -2.13. The van der Waals surface area contributed by atoms with E-state index < -0.39 is 11.9 Å². The Balaban J connectivity index is 2.19. The van der Waals surface area contributed by atoms with Crippen molar-refractivity contribution < 1.29 is 9.90 Å². The molecular formula is C17H18O2. The van der Waals surface area contributed by atoms with Crippen molar-refractivity contribution in [3.8, 4) is 0 Å². The highest BCUT2D eigenvalue weighted by Gasteiger charge is 2.19. The van der Waals surface area contributed by atoms with Crippen LogP contribution >= 0.6 is 0 Å². The first-order valence-corrected chi connectivity index (χ1v) is 6.56. The van der Waals surface area contributed by atoms with E-state index in [9.17, 15) is 9.90 Å². The van der Waals surface area contributed by atoms with E-state index in [0.717, 1.165) is 17.5 Å². The van der Waals surface area contributed by atoms with Gasteiger partial charge in [-0.2, -0.15) is 0 Å². The van der Waals surface area contributed by atoms with Gasteiger partial charge in [0.2, 0.25) is 0 Å². The molecule has 2 nitrogen and oxygen atoms in total. The fourth-order valence-electron chi connectivity index (χ4n) is 2.18. The molecule has 1 unspecified atom stereocenters. The third kappa shape index (κ3) is 3.44. The number of hydrogen-bond acceptors (Lipinski definition) is 1. The molecule has 2 aromatic rings. The predicted molar refractivity (Wildman–Crippen MR) is 76.3 cm³/mol. The summed E-state index contributed by atoms with van der Waals surface area (Å²) in [7, 11) is 0. The van der Waals surface area contributed by atoms with Crippen molar-refractivity contribution in [3.63, 3.8) is 0 Å². The second-order valence-electron chi connectivity index (χ2n) is 4.68. The van der Waals surface area contributed by atoms with Gasteiger partial charge < -0.3 is 5.11 Å². The highest BCUT2D eigenvalue weighted by molar-refractivity contribution is 5.76. The Morgan fingerprint density at radius 2 is 1.58 bits per heavy atom. The smallest absolute Gasteiger partial charge is 0.311 e. The molecule has 0 aromatic heterocycles. The van der Waals surface area contributed by atoms with Crippen molar-refractivity contribution in [1.82, 2.24) is 0 Å². The van der Waals surface area contributed by atoms with E-state index in [0.29, 0.717) is 6.42 Å². The molecule has 0 amide bonds. The molecule has 2 heteroatoms. The number of rotatable bonds is 5. The summed E-state index contributed by atoms with van der Waals surface area (Å²) in [5.41, 5.74) is 3.19. The molecule has 2 aromatic carbocycles. The number of carboxylic acids is 1. The summed E-state index contributed by atoms with van der Waals surface area (Å²) in [5, 5.41) is 9.39. The van der Waals surface area contributed by atoms with Crippen LogP contribution in [-0.4, -0.2) is 11.1 Å². The molecule has 0 spiro atoms. The van der Waals surface area contributed by atoms with E-state index in [4.69, 9.17) is 0 Å². The van der Waals surface area contributed by atoms with Gasteiger partial charge in [0.1, 0.15) is 0 Å². The predicted octanol–water partition coefficient (Wildman–Crippen LogP) is 3.66. The van der Waals surface area contributed by atoms with Crippen LogP contribution in [-0.2, 0) is 17.6 Å². The lowest BCUT2D eigenvalue weighted by Crippen LogP contribution is -2.14. The molecule has 19 heavy (non-hydrogen) atoms. The Labute approximate surface area is 113 Å². The maximum atomic E-state index is 11.4. The summed E-state index contributed by atoms with van der Waals surface area (Å²) in [6, 6.07) is 17.6. The van der Waals surface area contributed by atoms with Crippen LogP contribution in [0.1, 0.15) is 29.5 Å². The number of hydrogen-bond donors (Lipinski definition) is 1. The minimum atomic E-state index is -0.772. The molecule has 0 aliphatic rings. The molecule has 2 rings (SSSR count). The van der Waals surface area contributed by atoms with E-state index in [2.05, 4.69) is 19.1 Å². The Morgan fingerprint density at radius 1 is 1.00 bits per heavy atom. The van der Waals surface area contributed by atoms with Gasteiger partial charge >= 0.3 is 5.97 Å². The number of aryl methyl sites for hydroxylation is 1. The van der Waals surface area contributed by atoms with Gasteiger partial charge in [0.05, 0.1) is 5.92 Å². The second kappa shape index (κ2) is 6.19. The lowest BCUT2D eigenvalue weighted by atomic mass is 9.92. The number of aliphatic carboxylic acids is 1. The summed E-state index contributed by atoms with van der Waals surface area (Å²) < 4.78 is 0. The van der Waals surface area contributed by atoms with Crippen molar-refractivity contribution in [2.24, 2.45) is 0 Å². The van der Waals surface area contributed by atoms with Crippen LogP contribution in [0.25, 0.3) is 0 Å². The normalized spacial score (nSPS) is 12.1. The van der Waals surface area contributed by atoms with Gasteiger partial charge in [-0.05, 0) is 29.5 Å². The van der Waals surface area contributed by atoms with Crippen LogP contribution in [0.3, 0.4) is 0 Å². The Morgan fingerprint density at radius 3 is 2.11 bits per heavy atom. The number of benzene rings is 2. The lowest BCUT2D eigenvalue weighted by molar-refractivity contribution is -0.138. The van der Waals surface area contributed by atoms with E-state index in [1.54, 1.807) is 0 Å². The van der Waals surface area contributed by atoms with E-state index in [1.807, 2.05) is 42.5 Å². The fraction of sp³-hybridized carbons (Fsp3) is 0.235. The van der Waals surface area contributed by atoms with Crippen molar-refractivity contribution in [3.05, 3.63) is 71.3 Å². The quantitative estimate of drug-likeness (QED) is 0.884. The van der Waals surface area contributed by atoms with Gasteiger partial charge in [0.25, 0.3) is 0 Å². The van der Waals surface area contributed by atoms with Crippen LogP contribution < -0.4 is 0 Å². The first-order chi connectivity index (χ1) is 9.20. The summed E-state index contributed by atoms with van der Waals surface area (Å²) in [6.45, 7) is 2.11. The highest BCUT2D eigenvalue weighted by atomic mass is 16.4. The molecule has 0 fully saturated rings. The number of carboxylic acid groups (broad SMARTS) is 1. The van der Waals surface area contributed by atoms with E-state index >= 15 is 0 Å². The zero-order chi connectivity index (χ0) is 13.7. The summed E-state index contributed by atoms with van der Waals surface area (Å²) >= 11 is 0. The van der Waals surface area contributed by atoms with Crippen LogP contribution in [0.4, 0.5) is 0 Å². The molecule has 0 bridgehead atoms. The largest absolute Gasteiger partial charge is 0.481 e. The molecule has 0 radical (unpaired) electrons. The van der Waals surface area contributed by atoms with Gasteiger partial charge in [0, 0.05) is 0 Å². The topological polar surface area (TPSA) is 37.3 Å². The van der Waals surface area contributed by atoms with Gasteiger partial charge in [-0.1, -0.05) is 61.5 Å². The molecule has 1 atom stereocenters. The molecule has 98 valence electrons. The molecule has 0 saturated heterocycles. The molecule has 0 aliphatic carbocycles. The van der Waals surface area contributed by atoms with Gasteiger partial charge in [0.15, 0.2) is 0 Å². The van der Waals surface area contributed by atoms with Gasteiger partial charge in [-0.3, -0.25) is 4.79 Å². The second-order valence-corrected chi connectivity index (χ2v) is 4.68. The zero-order valence-corrected chi connectivity index (χ0v) is 11.0. The van der Waals surface area contributed by atoms with Crippen LogP contribution in [0.2, 0.25) is 0 Å². The SMILES string of the molecule is CCc1ccc(CC(C(=O)O)c2ccccc2)cc1. The van der Waals surface area contributed by atoms with Crippen LogP contribution in [0, 0.1) is 0 Å². The highest BCUT2D eigenvalue weighted by Crippen LogP contribution is 2.21. The zero-order valence-electron chi connectivity index (χ0n) is 11.0. The molecule has 0 aliphatic heterocycles. The maximum absolute atomic E-state index is 11.4. The van der Waals surface area contributed by atoms with E-state index in [1.165, 1.54) is 5.56 Å². The summed E-state index contributed by atoms with van der Waals surface area (Å²) in [5.74, 6) is -1.25. The van der Waals surface area contributed by atoms with Gasteiger partial charge in [-0.25, -0.2) is 0 Å². The third-order valence-electron chi connectivity index (χ3n) is 3.37. The Hall–Kier alpha value is -2.09. The Bertz CT molecular complexity index is 529. The molecule has 1 N–H and O–H groups in total. The monoisotopic (exact) mass is 254 g/mol. The molecular weight excluding hydrogens is 236 g/mol. The van der Waals surface area contributed by atoms with Crippen molar-refractivity contribution >= 4 is 5.97 Å². The molecule has 0 saturated carbocycles. The maximum Gasteiger partial charge on any atom is 0.311 e. The average molecular weight is 254 g/mol. The van der Waals surface area contributed by atoms with E-state index in [-0.39, 0.29) is 0 Å². The number of carbonyl (C=O) groups is 1. The molecule has 0 heterocycles.